The third-order valence-electron chi connectivity index (χ3n) is 2.67. The minimum Gasteiger partial charge on any atom is -0.313 e. The first kappa shape index (κ1) is 16.0. The Morgan fingerprint density at radius 2 is 2.14 bits per heavy atom. The van der Waals surface area contributed by atoms with Gasteiger partial charge in [0.1, 0.15) is 0 Å². The number of sulfonamides is 1. The fourth-order valence-electron chi connectivity index (χ4n) is 1.81. The van der Waals surface area contributed by atoms with Crippen LogP contribution in [0.4, 0.5) is 5.69 Å². The Morgan fingerprint density at radius 3 is 2.71 bits per heavy atom. The number of hydrogen-bond acceptors (Lipinski definition) is 5. The van der Waals surface area contributed by atoms with E-state index in [1.165, 1.54) is 22.9 Å². The highest BCUT2D eigenvalue weighted by atomic mass is 35.5. The number of hydrogen-bond donors (Lipinski definition) is 1. The van der Waals surface area contributed by atoms with Crippen LogP contribution in [0.1, 0.15) is 19.0 Å². The van der Waals surface area contributed by atoms with Crippen LogP contribution in [0, 0.1) is 6.92 Å². The molecule has 0 aliphatic carbocycles. The predicted molar refractivity (Wildman–Crippen MR) is 83.7 cm³/mol. The maximum Gasteiger partial charge on any atom is 0.273 e. The Hall–Kier alpha value is -1.38. The minimum absolute atomic E-state index is 0.0701. The molecule has 0 spiro atoms. The average Bonchev–Trinajstić information content (AvgIpc) is 2.73. The van der Waals surface area contributed by atoms with Crippen molar-refractivity contribution in [3.05, 3.63) is 38.8 Å². The maximum absolute atomic E-state index is 12.3. The summed E-state index contributed by atoms with van der Waals surface area (Å²) in [6, 6.07) is 2.77. The van der Waals surface area contributed by atoms with Gasteiger partial charge in [0.15, 0.2) is 8.68 Å². The van der Waals surface area contributed by atoms with Crippen molar-refractivity contribution in [3.63, 3.8) is 0 Å². The summed E-state index contributed by atoms with van der Waals surface area (Å²) < 4.78 is 28.7. The Bertz CT molecular complexity index is 811. The zero-order valence-corrected chi connectivity index (χ0v) is 13.8. The van der Waals surface area contributed by atoms with E-state index in [2.05, 4.69) is 9.71 Å². The second kappa shape index (κ2) is 6.17. The van der Waals surface area contributed by atoms with Crippen LogP contribution in [0.15, 0.2) is 27.3 Å². The van der Waals surface area contributed by atoms with Crippen molar-refractivity contribution in [2.75, 3.05) is 4.72 Å². The van der Waals surface area contributed by atoms with E-state index in [9.17, 15) is 13.2 Å². The predicted octanol–water partition coefficient (Wildman–Crippen LogP) is 2.48. The van der Waals surface area contributed by atoms with Crippen molar-refractivity contribution in [1.29, 1.82) is 0 Å². The summed E-state index contributed by atoms with van der Waals surface area (Å²) in [4.78, 5) is 15.5. The molecule has 1 N–H and O–H groups in total. The van der Waals surface area contributed by atoms with Gasteiger partial charge in [-0.3, -0.25) is 9.52 Å². The van der Waals surface area contributed by atoms with Crippen LogP contribution in [0.2, 0.25) is 4.47 Å². The molecular formula is C12H14ClN3O3S2. The molecule has 0 saturated carbocycles. The largest absolute Gasteiger partial charge is 0.313 e. The summed E-state index contributed by atoms with van der Waals surface area (Å²) in [5.41, 5.74) is 0.503. The molecule has 0 radical (unpaired) electrons. The van der Waals surface area contributed by atoms with Crippen molar-refractivity contribution >= 4 is 38.6 Å². The van der Waals surface area contributed by atoms with Crippen molar-refractivity contribution in [1.82, 2.24) is 9.55 Å². The maximum atomic E-state index is 12.3. The number of anilines is 1. The lowest BCUT2D eigenvalue weighted by atomic mass is 10.4. The van der Waals surface area contributed by atoms with E-state index in [0.29, 0.717) is 17.9 Å². The fraction of sp³-hybridized carbons (Fsp3) is 0.333. The molecule has 0 amide bonds. The molecule has 0 unspecified atom stereocenters. The molecule has 0 atom stereocenters. The van der Waals surface area contributed by atoms with E-state index in [1.54, 1.807) is 6.92 Å². The zero-order chi connectivity index (χ0) is 15.6. The van der Waals surface area contributed by atoms with Gasteiger partial charge >= 0.3 is 0 Å². The third kappa shape index (κ3) is 3.63. The van der Waals surface area contributed by atoms with Crippen molar-refractivity contribution in [3.8, 4) is 0 Å². The molecule has 6 nitrogen and oxygen atoms in total. The molecule has 21 heavy (non-hydrogen) atoms. The summed E-state index contributed by atoms with van der Waals surface area (Å²) in [6.45, 7) is 4.04. The Labute approximate surface area is 131 Å². The first-order chi connectivity index (χ1) is 9.83. The quantitative estimate of drug-likeness (QED) is 0.900. The molecule has 2 heterocycles. The second-order valence-corrected chi connectivity index (χ2v) is 7.85. The van der Waals surface area contributed by atoms with E-state index in [4.69, 9.17) is 11.6 Å². The van der Waals surface area contributed by atoms with Gasteiger partial charge in [0.25, 0.3) is 15.6 Å². The van der Waals surface area contributed by atoms with Gasteiger partial charge in [-0.25, -0.2) is 13.4 Å². The molecule has 0 aliphatic rings. The van der Waals surface area contributed by atoms with Crippen molar-refractivity contribution in [2.45, 2.75) is 31.0 Å². The summed E-state index contributed by atoms with van der Waals surface area (Å²) in [5, 5.41) is 0. The molecule has 2 aromatic rings. The molecule has 114 valence electrons. The highest BCUT2D eigenvalue weighted by molar-refractivity contribution is 7.94. The van der Waals surface area contributed by atoms with Crippen LogP contribution >= 0.6 is 22.9 Å². The van der Waals surface area contributed by atoms with E-state index < -0.39 is 10.0 Å². The van der Waals surface area contributed by atoms with Crippen LogP contribution < -0.4 is 10.3 Å². The number of pyridine rings is 1. The first-order valence-corrected chi connectivity index (χ1v) is 8.87. The smallest absolute Gasteiger partial charge is 0.273 e. The van der Waals surface area contributed by atoms with Crippen LogP contribution in [-0.4, -0.2) is 18.0 Å². The van der Waals surface area contributed by atoms with E-state index in [1.807, 2.05) is 6.92 Å². The third-order valence-corrected chi connectivity index (χ3v) is 5.92. The van der Waals surface area contributed by atoms with Gasteiger partial charge in [0.2, 0.25) is 0 Å². The van der Waals surface area contributed by atoms with Crippen LogP contribution in [0.25, 0.3) is 0 Å². The fourth-order valence-corrected chi connectivity index (χ4v) is 4.59. The van der Waals surface area contributed by atoms with Gasteiger partial charge < -0.3 is 4.57 Å². The Balaban J connectivity index is 2.35. The monoisotopic (exact) mass is 347 g/mol. The number of nitrogens with one attached hydrogen (secondary N) is 1. The Morgan fingerprint density at radius 1 is 1.43 bits per heavy atom. The number of halogens is 1. The van der Waals surface area contributed by atoms with Gasteiger partial charge in [-0.1, -0.05) is 29.9 Å². The molecule has 2 rings (SSSR count). The molecule has 0 aromatic carbocycles. The van der Waals surface area contributed by atoms with E-state index >= 15 is 0 Å². The summed E-state index contributed by atoms with van der Waals surface area (Å²) in [6.07, 6.45) is 2.26. The molecule has 0 fully saturated rings. The lowest BCUT2D eigenvalue weighted by Gasteiger charge is -2.09. The molecule has 0 saturated heterocycles. The molecule has 9 heteroatoms. The molecule has 2 aromatic heterocycles. The average molecular weight is 348 g/mol. The number of nitrogens with zero attached hydrogens (tertiary/aromatic N) is 2. The van der Waals surface area contributed by atoms with Crippen LogP contribution in [0.5, 0.6) is 0 Å². The molecule has 0 aliphatic heterocycles. The minimum atomic E-state index is -3.76. The lowest BCUT2D eigenvalue weighted by Crippen LogP contribution is -2.20. The van der Waals surface area contributed by atoms with Crippen LogP contribution in [0.3, 0.4) is 0 Å². The van der Waals surface area contributed by atoms with E-state index in [0.717, 1.165) is 17.8 Å². The number of aromatic nitrogens is 2. The molecular weight excluding hydrogens is 334 g/mol. The highest BCUT2D eigenvalue weighted by Crippen LogP contribution is 2.28. The molecule has 0 bridgehead atoms. The number of aryl methyl sites for hydroxylation is 2. The van der Waals surface area contributed by atoms with E-state index in [-0.39, 0.29) is 14.2 Å². The van der Waals surface area contributed by atoms with Gasteiger partial charge in [0, 0.05) is 18.8 Å². The number of thiazole rings is 1. The lowest BCUT2D eigenvalue weighted by molar-refractivity contribution is 0.602. The van der Waals surface area contributed by atoms with Gasteiger partial charge in [-0.2, -0.15) is 0 Å². The first-order valence-electron chi connectivity index (χ1n) is 6.19. The summed E-state index contributed by atoms with van der Waals surface area (Å²) >= 11 is 6.63. The normalized spacial score (nSPS) is 11.6. The zero-order valence-electron chi connectivity index (χ0n) is 11.5. The van der Waals surface area contributed by atoms with Gasteiger partial charge in [-0.15, -0.1) is 0 Å². The highest BCUT2D eigenvalue weighted by Gasteiger charge is 2.21. The van der Waals surface area contributed by atoms with Crippen LogP contribution in [-0.2, 0) is 16.6 Å². The van der Waals surface area contributed by atoms with Crippen molar-refractivity contribution in [2.24, 2.45) is 0 Å². The second-order valence-electron chi connectivity index (χ2n) is 4.39. The summed E-state index contributed by atoms with van der Waals surface area (Å²) in [7, 11) is -3.76. The standard InChI is InChI=1S/C12H14ClN3O3S2/c1-3-6-16-7-9(4-5-10(16)17)15-21(18,19)11-8(2)14-12(13)20-11/h4-5,7,15H,3,6H2,1-2H3. The SMILES string of the molecule is CCCn1cc(NS(=O)(=O)c2sc(Cl)nc2C)ccc1=O. The number of rotatable bonds is 5. The van der Waals surface area contributed by atoms with Gasteiger partial charge in [-0.05, 0) is 19.4 Å². The topological polar surface area (TPSA) is 81.1 Å². The summed E-state index contributed by atoms with van der Waals surface area (Å²) in [5.74, 6) is 0. The Kier molecular flexibility index (Phi) is 4.70. The van der Waals surface area contributed by atoms with Crippen molar-refractivity contribution < 1.29 is 8.42 Å². The van der Waals surface area contributed by atoms with Gasteiger partial charge in [0.05, 0.1) is 11.4 Å².